The lowest BCUT2D eigenvalue weighted by atomic mass is 10.1. The number of hydrogen-bond acceptors (Lipinski definition) is 4. The van der Waals surface area contributed by atoms with Crippen molar-refractivity contribution in [1.29, 1.82) is 0 Å². The van der Waals surface area contributed by atoms with Crippen molar-refractivity contribution < 1.29 is 9.59 Å². The minimum atomic E-state index is 0.00153. The molecular weight excluding hydrogens is 278 g/mol. The van der Waals surface area contributed by atoms with Gasteiger partial charge in [0.1, 0.15) is 0 Å². The summed E-state index contributed by atoms with van der Waals surface area (Å²) < 4.78 is 0. The number of nitrogens with zero attached hydrogens (tertiary/aromatic N) is 3. The maximum Gasteiger partial charge on any atom is 0.219 e. The van der Waals surface area contributed by atoms with E-state index in [-0.39, 0.29) is 11.7 Å². The van der Waals surface area contributed by atoms with Gasteiger partial charge in [-0.2, -0.15) is 0 Å². The molecule has 0 unspecified atom stereocenters. The molecule has 1 aromatic rings. The summed E-state index contributed by atoms with van der Waals surface area (Å²) in [5.74, 6) is 0.134. The monoisotopic (exact) mass is 301 g/mol. The summed E-state index contributed by atoms with van der Waals surface area (Å²) in [4.78, 5) is 29.2. The first-order chi connectivity index (χ1) is 10.5. The SMILES string of the molecule is CC(=O)N1CCN(c2ccc(C(=O)/C=C/N(C)C)cc2)CC1. The molecule has 0 aliphatic carbocycles. The molecule has 0 bridgehead atoms. The number of carbonyl (C=O) groups excluding carboxylic acids is 2. The number of hydrogen-bond donors (Lipinski definition) is 0. The first kappa shape index (κ1) is 16.1. The molecule has 1 aliphatic rings. The van der Waals surface area contributed by atoms with Crippen LogP contribution in [-0.2, 0) is 4.79 Å². The van der Waals surface area contributed by atoms with Crippen molar-refractivity contribution in [2.24, 2.45) is 0 Å². The molecule has 118 valence electrons. The lowest BCUT2D eigenvalue weighted by Crippen LogP contribution is -2.48. The third-order valence-corrected chi connectivity index (χ3v) is 3.77. The normalized spacial score (nSPS) is 15.2. The highest BCUT2D eigenvalue weighted by molar-refractivity contribution is 6.04. The standard InChI is InChI=1S/C17H23N3O2/c1-14(21)19-10-12-20(13-11-19)16-6-4-15(5-7-16)17(22)8-9-18(2)3/h4-9H,10-13H2,1-3H3/b9-8+. The van der Waals surface area contributed by atoms with E-state index in [2.05, 4.69) is 4.90 Å². The summed E-state index contributed by atoms with van der Waals surface area (Å²) in [7, 11) is 3.77. The van der Waals surface area contributed by atoms with Crippen molar-refractivity contribution in [3.8, 4) is 0 Å². The first-order valence-corrected chi connectivity index (χ1v) is 7.47. The van der Waals surface area contributed by atoms with Gasteiger partial charge in [-0.15, -0.1) is 0 Å². The van der Waals surface area contributed by atoms with Crippen molar-refractivity contribution in [1.82, 2.24) is 9.80 Å². The van der Waals surface area contributed by atoms with Crippen LogP contribution in [0.3, 0.4) is 0 Å². The molecule has 1 aromatic carbocycles. The Labute approximate surface area is 131 Å². The topological polar surface area (TPSA) is 43.9 Å². The van der Waals surface area contributed by atoms with Crippen LogP contribution in [0.15, 0.2) is 36.5 Å². The molecule has 2 rings (SSSR count). The average molecular weight is 301 g/mol. The number of carbonyl (C=O) groups is 2. The van der Waals surface area contributed by atoms with E-state index in [1.807, 2.05) is 48.2 Å². The van der Waals surface area contributed by atoms with E-state index in [1.165, 1.54) is 0 Å². The molecule has 1 saturated heterocycles. The molecular formula is C17H23N3O2. The Morgan fingerprint density at radius 1 is 1.05 bits per heavy atom. The zero-order valence-electron chi connectivity index (χ0n) is 13.5. The average Bonchev–Trinajstić information content (AvgIpc) is 2.53. The number of amides is 1. The van der Waals surface area contributed by atoms with Gasteiger partial charge in [0.2, 0.25) is 5.91 Å². The van der Waals surface area contributed by atoms with Gasteiger partial charge in [-0.3, -0.25) is 9.59 Å². The zero-order valence-corrected chi connectivity index (χ0v) is 13.5. The van der Waals surface area contributed by atoms with Crippen molar-refractivity contribution in [3.63, 3.8) is 0 Å². The second kappa shape index (κ2) is 7.11. The molecule has 0 N–H and O–H groups in total. The van der Waals surface area contributed by atoms with E-state index in [0.717, 1.165) is 31.9 Å². The zero-order chi connectivity index (χ0) is 16.1. The van der Waals surface area contributed by atoms with E-state index in [1.54, 1.807) is 19.2 Å². The summed E-state index contributed by atoms with van der Waals surface area (Å²) in [6.45, 7) is 4.77. The highest BCUT2D eigenvalue weighted by atomic mass is 16.2. The smallest absolute Gasteiger partial charge is 0.219 e. The van der Waals surface area contributed by atoms with Crippen LogP contribution in [0.4, 0.5) is 5.69 Å². The predicted octanol–water partition coefficient (Wildman–Crippen LogP) is 1.61. The van der Waals surface area contributed by atoms with Gasteiger partial charge in [0, 0.05) is 70.7 Å². The number of anilines is 1. The largest absolute Gasteiger partial charge is 0.383 e. The van der Waals surface area contributed by atoms with Crippen LogP contribution in [0.25, 0.3) is 0 Å². The summed E-state index contributed by atoms with van der Waals surface area (Å²) in [5, 5.41) is 0. The van der Waals surface area contributed by atoms with Crippen LogP contribution in [0.1, 0.15) is 17.3 Å². The van der Waals surface area contributed by atoms with Crippen molar-refractivity contribution >= 4 is 17.4 Å². The molecule has 0 spiro atoms. The fraction of sp³-hybridized carbons (Fsp3) is 0.412. The van der Waals surface area contributed by atoms with Crippen molar-refractivity contribution in [3.05, 3.63) is 42.1 Å². The lowest BCUT2D eigenvalue weighted by molar-refractivity contribution is -0.129. The van der Waals surface area contributed by atoms with Gasteiger partial charge in [0.15, 0.2) is 5.78 Å². The highest BCUT2D eigenvalue weighted by Crippen LogP contribution is 2.18. The Morgan fingerprint density at radius 3 is 2.14 bits per heavy atom. The molecule has 0 radical (unpaired) electrons. The van der Waals surface area contributed by atoms with E-state index >= 15 is 0 Å². The molecule has 1 aliphatic heterocycles. The first-order valence-electron chi connectivity index (χ1n) is 7.47. The Bertz CT molecular complexity index is 556. The van der Waals surface area contributed by atoms with Crippen LogP contribution in [0.2, 0.25) is 0 Å². The van der Waals surface area contributed by atoms with Gasteiger partial charge in [-0.1, -0.05) is 0 Å². The van der Waals surface area contributed by atoms with Crippen LogP contribution < -0.4 is 4.90 Å². The van der Waals surface area contributed by atoms with Crippen LogP contribution >= 0.6 is 0 Å². The van der Waals surface area contributed by atoms with Crippen molar-refractivity contribution in [2.75, 3.05) is 45.2 Å². The number of ketones is 1. The van der Waals surface area contributed by atoms with E-state index < -0.39 is 0 Å². The van der Waals surface area contributed by atoms with Gasteiger partial charge in [0.05, 0.1) is 0 Å². The van der Waals surface area contributed by atoms with Crippen LogP contribution in [0, 0.1) is 0 Å². The minimum Gasteiger partial charge on any atom is -0.383 e. The molecule has 22 heavy (non-hydrogen) atoms. The van der Waals surface area contributed by atoms with Gasteiger partial charge in [-0.25, -0.2) is 0 Å². The predicted molar refractivity (Wildman–Crippen MR) is 88.1 cm³/mol. The molecule has 0 saturated carbocycles. The summed E-state index contributed by atoms with van der Waals surface area (Å²) in [6, 6.07) is 7.66. The third kappa shape index (κ3) is 4.10. The minimum absolute atomic E-state index is 0.00153. The van der Waals surface area contributed by atoms with Gasteiger partial charge in [-0.05, 0) is 24.3 Å². The van der Waals surface area contributed by atoms with Crippen LogP contribution in [-0.4, -0.2) is 61.8 Å². The number of allylic oxidation sites excluding steroid dienone is 1. The molecule has 1 amide bonds. The Hall–Kier alpha value is -2.30. The molecule has 1 fully saturated rings. The van der Waals surface area contributed by atoms with E-state index in [9.17, 15) is 9.59 Å². The maximum absolute atomic E-state index is 12.0. The van der Waals surface area contributed by atoms with Gasteiger partial charge >= 0.3 is 0 Å². The number of rotatable bonds is 4. The van der Waals surface area contributed by atoms with Crippen LogP contribution in [0.5, 0.6) is 0 Å². The molecule has 5 nitrogen and oxygen atoms in total. The molecule has 1 heterocycles. The van der Waals surface area contributed by atoms with E-state index in [0.29, 0.717) is 5.56 Å². The quantitative estimate of drug-likeness (QED) is 0.626. The maximum atomic E-state index is 12.0. The van der Waals surface area contributed by atoms with Crippen molar-refractivity contribution in [2.45, 2.75) is 6.92 Å². The molecule has 5 heteroatoms. The second-order valence-corrected chi connectivity index (χ2v) is 5.68. The Morgan fingerprint density at radius 2 is 1.64 bits per heavy atom. The summed E-state index contributed by atoms with van der Waals surface area (Å²) >= 11 is 0. The second-order valence-electron chi connectivity index (χ2n) is 5.68. The molecule has 0 atom stereocenters. The van der Waals surface area contributed by atoms with Gasteiger partial charge in [0.25, 0.3) is 0 Å². The lowest BCUT2D eigenvalue weighted by Gasteiger charge is -2.35. The van der Waals surface area contributed by atoms with Gasteiger partial charge < -0.3 is 14.7 Å². The number of benzene rings is 1. The highest BCUT2D eigenvalue weighted by Gasteiger charge is 2.18. The fourth-order valence-corrected chi connectivity index (χ4v) is 2.43. The third-order valence-electron chi connectivity index (χ3n) is 3.77. The number of piperazine rings is 1. The fourth-order valence-electron chi connectivity index (χ4n) is 2.43. The summed E-state index contributed by atoms with van der Waals surface area (Å²) in [5.41, 5.74) is 1.78. The Balaban J connectivity index is 1.98. The Kier molecular flexibility index (Phi) is 5.20. The summed E-state index contributed by atoms with van der Waals surface area (Å²) in [6.07, 6.45) is 3.32. The molecule has 0 aromatic heterocycles. The van der Waals surface area contributed by atoms with E-state index in [4.69, 9.17) is 0 Å².